The van der Waals surface area contributed by atoms with Gasteiger partial charge in [0.2, 0.25) is 5.09 Å². The molecule has 0 radical (unpaired) electrons. The van der Waals surface area contributed by atoms with Crippen LogP contribution in [-0.4, -0.2) is 13.5 Å². The standard InChI is InChI=1S/C13H14BrNO4S/c1-8-5-9(2)13(11(14)6-8)15-20(17,18)12-4-3-10(7-16)19-12/h3-6,15-16H,7H2,1-2H3. The molecule has 7 heteroatoms. The first-order chi connectivity index (χ1) is 9.33. The number of aliphatic hydroxyl groups excluding tert-OH is 1. The smallest absolute Gasteiger partial charge is 0.295 e. The van der Waals surface area contributed by atoms with Crippen LogP contribution in [0.2, 0.25) is 0 Å². The molecule has 2 rings (SSSR count). The average Bonchev–Trinajstić information content (AvgIpc) is 2.83. The lowest BCUT2D eigenvalue weighted by atomic mass is 10.1. The van der Waals surface area contributed by atoms with Crippen molar-refractivity contribution in [2.45, 2.75) is 25.5 Å². The summed E-state index contributed by atoms with van der Waals surface area (Å²) in [5.74, 6) is 0.199. The van der Waals surface area contributed by atoms with Crippen LogP contribution in [0.25, 0.3) is 0 Å². The molecule has 0 spiro atoms. The van der Waals surface area contributed by atoms with E-state index in [1.807, 2.05) is 26.0 Å². The Morgan fingerprint density at radius 2 is 2.00 bits per heavy atom. The van der Waals surface area contributed by atoms with Crippen molar-refractivity contribution in [3.8, 4) is 0 Å². The number of nitrogens with one attached hydrogen (secondary N) is 1. The van der Waals surface area contributed by atoms with Crippen molar-refractivity contribution < 1.29 is 17.9 Å². The highest BCUT2D eigenvalue weighted by molar-refractivity contribution is 9.10. The van der Waals surface area contributed by atoms with E-state index in [2.05, 4.69) is 20.7 Å². The third-order valence-corrected chi connectivity index (χ3v) is 4.57. The lowest BCUT2D eigenvalue weighted by molar-refractivity contribution is 0.236. The van der Waals surface area contributed by atoms with Gasteiger partial charge in [-0.3, -0.25) is 4.72 Å². The monoisotopic (exact) mass is 359 g/mol. The van der Waals surface area contributed by atoms with E-state index in [-0.39, 0.29) is 17.5 Å². The maximum absolute atomic E-state index is 12.2. The van der Waals surface area contributed by atoms with Gasteiger partial charge in [0, 0.05) is 4.47 Å². The van der Waals surface area contributed by atoms with Crippen LogP contribution in [0.1, 0.15) is 16.9 Å². The van der Waals surface area contributed by atoms with Crippen LogP contribution in [0.4, 0.5) is 5.69 Å². The second-order valence-electron chi connectivity index (χ2n) is 4.42. The minimum Gasteiger partial charge on any atom is -0.445 e. The topological polar surface area (TPSA) is 79.5 Å². The summed E-state index contributed by atoms with van der Waals surface area (Å²) in [7, 11) is -3.82. The van der Waals surface area contributed by atoms with E-state index in [9.17, 15) is 8.42 Å². The molecule has 20 heavy (non-hydrogen) atoms. The molecule has 5 nitrogen and oxygen atoms in total. The van der Waals surface area contributed by atoms with Gasteiger partial charge in [0.05, 0.1) is 5.69 Å². The Kier molecular flexibility index (Phi) is 4.22. The average molecular weight is 360 g/mol. The zero-order valence-corrected chi connectivity index (χ0v) is 13.4. The second kappa shape index (κ2) is 5.59. The van der Waals surface area contributed by atoms with E-state index < -0.39 is 10.0 Å². The number of benzene rings is 1. The largest absolute Gasteiger partial charge is 0.445 e. The third kappa shape index (κ3) is 3.05. The first-order valence-electron chi connectivity index (χ1n) is 5.82. The van der Waals surface area contributed by atoms with Gasteiger partial charge in [-0.15, -0.1) is 0 Å². The molecule has 0 fully saturated rings. The highest BCUT2D eigenvalue weighted by Crippen LogP contribution is 2.30. The maximum atomic E-state index is 12.2. The summed E-state index contributed by atoms with van der Waals surface area (Å²) in [5.41, 5.74) is 2.30. The van der Waals surface area contributed by atoms with Gasteiger partial charge in [0.25, 0.3) is 10.0 Å². The number of anilines is 1. The minimum absolute atomic E-state index is 0.199. The molecule has 1 aromatic carbocycles. The van der Waals surface area contributed by atoms with Crippen LogP contribution in [0.15, 0.2) is 38.2 Å². The lowest BCUT2D eigenvalue weighted by Gasteiger charge is -2.12. The van der Waals surface area contributed by atoms with E-state index in [0.717, 1.165) is 11.1 Å². The molecule has 0 unspecified atom stereocenters. The first-order valence-corrected chi connectivity index (χ1v) is 8.10. The lowest BCUT2D eigenvalue weighted by Crippen LogP contribution is -2.13. The predicted molar refractivity (Wildman–Crippen MR) is 79.1 cm³/mol. The molecular formula is C13H14BrNO4S. The van der Waals surface area contributed by atoms with E-state index in [4.69, 9.17) is 9.52 Å². The van der Waals surface area contributed by atoms with Crippen molar-refractivity contribution in [3.63, 3.8) is 0 Å². The number of hydrogen-bond acceptors (Lipinski definition) is 4. The number of rotatable bonds is 4. The van der Waals surface area contributed by atoms with Crippen LogP contribution in [0.5, 0.6) is 0 Å². The fraction of sp³-hybridized carbons (Fsp3) is 0.231. The van der Waals surface area contributed by atoms with Gasteiger partial charge >= 0.3 is 0 Å². The fourth-order valence-corrected chi connectivity index (χ4v) is 3.83. The Morgan fingerprint density at radius 3 is 2.55 bits per heavy atom. The Bertz CT molecular complexity index is 714. The van der Waals surface area contributed by atoms with Crippen LogP contribution in [0, 0.1) is 13.8 Å². The van der Waals surface area contributed by atoms with Gasteiger partial charge in [0.15, 0.2) is 0 Å². The van der Waals surface area contributed by atoms with Crippen molar-refractivity contribution in [1.82, 2.24) is 0 Å². The number of halogens is 1. The Balaban J connectivity index is 2.38. The normalized spacial score (nSPS) is 11.6. The zero-order valence-electron chi connectivity index (χ0n) is 11.0. The summed E-state index contributed by atoms with van der Waals surface area (Å²) < 4.78 is 32.6. The van der Waals surface area contributed by atoms with Gasteiger partial charge in [-0.05, 0) is 59.1 Å². The van der Waals surface area contributed by atoms with E-state index >= 15 is 0 Å². The van der Waals surface area contributed by atoms with Crippen LogP contribution >= 0.6 is 15.9 Å². The molecule has 0 amide bonds. The van der Waals surface area contributed by atoms with Gasteiger partial charge in [-0.2, -0.15) is 8.42 Å². The molecule has 2 N–H and O–H groups in total. The highest BCUT2D eigenvalue weighted by Gasteiger charge is 2.21. The molecule has 2 aromatic rings. The van der Waals surface area contributed by atoms with Gasteiger partial charge < -0.3 is 9.52 Å². The third-order valence-electron chi connectivity index (χ3n) is 2.73. The second-order valence-corrected chi connectivity index (χ2v) is 6.89. The number of sulfonamides is 1. The van der Waals surface area contributed by atoms with E-state index in [0.29, 0.717) is 10.2 Å². The fourth-order valence-electron chi connectivity index (χ4n) is 1.82. The van der Waals surface area contributed by atoms with Crippen molar-refractivity contribution >= 4 is 31.6 Å². The SMILES string of the molecule is Cc1cc(C)c(NS(=O)(=O)c2ccc(CO)o2)c(Br)c1. The van der Waals surface area contributed by atoms with Gasteiger partial charge in [-0.25, -0.2) is 0 Å². The van der Waals surface area contributed by atoms with Gasteiger partial charge in [0.1, 0.15) is 12.4 Å². The molecule has 1 heterocycles. The number of hydrogen-bond donors (Lipinski definition) is 2. The quantitative estimate of drug-likeness (QED) is 0.879. The van der Waals surface area contributed by atoms with Crippen LogP contribution < -0.4 is 4.72 Å². The summed E-state index contributed by atoms with van der Waals surface area (Å²) in [6.07, 6.45) is 0. The Morgan fingerprint density at radius 1 is 1.30 bits per heavy atom. The first kappa shape index (κ1) is 15.1. The van der Waals surface area contributed by atoms with Crippen LogP contribution in [-0.2, 0) is 16.6 Å². The van der Waals surface area contributed by atoms with Gasteiger partial charge in [-0.1, -0.05) is 6.07 Å². The number of furan rings is 1. The number of aliphatic hydroxyl groups is 1. The molecule has 0 saturated carbocycles. The Labute approximate surface area is 125 Å². The van der Waals surface area contributed by atoms with Crippen molar-refractivity contribution in [2.75, 3.05) is 4.72 Å². The Hall–Kier alpha value is -1.31. The molecule has 0 aliphatic carbocycles. The summed E-state index contributed by atoms with van der Waals surface area (Å²) in [6.45, 7) is 3.40. The maximum Gasteiger partial charge on any atom is 0.295 e. The molecule has 108 valence electrons. The van der Waals surface area contributed by atoms with E-state index in [1.165, 1.54) is 12.1 Å². The zero-order chi connectivity index (χ0) is 14.9. The molecular weight excluding hydrogens is 346 g/mol. The highest BCUT2D eigenvalue weighted by atomic mass is 79.9. The summed E-state index contributed by atoms with van der Waals surface area (Å²) in [5, 5.41) is 8.68. The summed E-state index contributed by atoms with van der Waals surface area (Å²) >= 11 is 3.34. The van der Waals surface area contributed by atoms with E-state index in [1.54, 1.807) is 0 Å². The van der Waals surface area contributed by atoms with Crippen molar-refractivity contribution in [1.29, 1.82) is 0 Å². The van der Waals surface area contributed by atoms with Crippen LogP contribution in [0.3, 0.4) is 0 Å². The van der Waals surface area contributed by atoms with Crippen molar-refractivity contribution in [2.24, 2.45) is 0 Å². The molecule has 0 saturated heterocycles. The molecule has 0 aliphatic rings. The molecule has 0 aliphatic heterocycles. The summed E-state index contributed by atoms with van der Waals surface area (Å²) in [4.78, 5) is 0. The predicted octanol–water partition coefficient (Wildman–Crippen LogP) is 2.95. The molecule has 0 atom stereocenters. The minimum atomic E-state index is -3.82. The van der Waals surface area contributed by atoms with Crippen molar-refractivity contribution in [3.05, 3.63) is 45.6 Å². The number of aryl methyl sites for hydroxylation is 2. The summed E-state index contributed by atoms with van der Waals surface area (Å²) in [6, 6.07) is 6.44. The molecule has 1 aromatic heterocycles. The molecule has 0 bridgehead atoms.